The molecule has 0 radical (unpaired) electrons. The average molecular weight is 608 g/mol. The first kappa shape index (κ1) is 27.7. The number of fused-ring (bicyclic) bond motifs is 3. The standard InChI is InChI=1S/C33H34FN9O2/c1-18-38-39-29-13-20(8-9-42(18)29)25-7-6-21-11-27(43(31(21)36-25)15-19-4-5-19)32-37-26-10-22(12-28(45-3)30(26)40(32)2)33(44)41-16-23(34)14-24(35)17-41/h6-13,19,23-24H,4-5,14-17,35H2,1-3H3/t23-,24-/m1/s1. The van der Waals surface area contributed by atoms with Crippen molar-refractivity contribution in [3.8, 4) is 28.5 Å². The van der Waals surface area contributed by atoms with Crippen LogP contribution >= 0.6 is 0 Å². The van der Waals surface area contributed by atoms with Crippen LogP contribution in [0.25, 0.3) is 50.5 Å². The molecule has 0 unspecified atom stereocenters. The summed E-state index contributed by atoms with van der Waals surface area (Å²) in [5.74, 6) is 2.42. The van der Waals surface area contributed by atoms with Gasteiger partial charge in [0.25, 0.3) is 5.91 Å². The van der Waals surface area contributed by atoms with Crippen molar-refractivity contribution in [3.63, 3.8) is 0 Å². The first-order chi connectivity index (χ1) is 21.8. The monoisotopic (exact) mass is 607 g/mol. The van der Waals surface area contributed by atoms with Gasteiger partial charge in [-0.2, -0.15) is 0 Å². The number of likely N-dealkylation sites (tertiary alicyclic amines) is 1. The van der Waals surface area contributed by atoms with E-state index in [0.717, 1.165) is 57.3 Å². The van der Waals surface area contributed by atoms with Crippen molar-refractivity contribution < 1.29 is 13.9 Å². The first-order valence-electron chi connectivity index (χ1n) is 15.3. The summed E-state index contributed by atoms with van der Waals surface area (Å²) in [5.41, 5.74) is 12.3. The highest BCUT2D eigenvalue weighted by molar-refractivity contribution is 6.00. The number of amides is 1. The Morgan fingerprint density at radius 3 is 2.71 bits per heavy atom. The van der Waals surface area contributed by atoms with Gasteiger partial charge >= 0.3 is 0 Å². The van der Waals surface area contributed by atoms with Gasteiger partial charge in [-0.15, -0.1) is 10.2 Å². The van der Waals surface area contributed by atoms with Gasteiger partial charge in [0.15, 0.2) is 11.5 Å². The number of nitrogens with zero attached hydrogens (tertiary/aromatic N) is 8. The van der Waals surface area contributed by atoms with E-state index in [0.29, 0.717) is 29.3 Å². The predicted molar refractivity (Wildman–Crippen MR) is 169 cm³/mol. The Kier molecular flexibility index (Phi) is 6.38. The van der Waals surface area contributed by atoms with Crippen LogP contribution in [0.2, 0.25) is 0 Å². The van der Waals surface area contributed by atoms with Crippen LogP contribution in [0.4, 0.5) is 4.39 Å². The summed E-state index contributed by atoms with van der Waals surface area (Å²) in [6, 6.07) is 13.4. The Hall–Kier alpha value is -4.84. The molecule has 2 atom stereocenters. The van der Waals surface area contributed by atoms with Crippen molar-refractivity contribution in [2.24, 2.45) is 18.7 Å². The van der Waals surface area contributed by atoms with Gasteiger partial charge in [0.05, 0.1) is 30.6 Å². The van der Waals surface area contributed by atoms with Crippen molar-refractivity contribution in [1.29, 1.82) is 0 Å². The van der Waals surface area contributed by atoms with Gasteiger partial charge in [0.2, 0.25) is 0 Å². The van der Waals surface area contributed by atoms with Gasteiger partial charge in [0.1, 0.15) is 28.9 Å². The number of halogens is 1. The van der Waals surface area contributed by atoms with Gasteiger partial charge in [-0.25, -0.2) is 14.4 Å². The number of imidazole rings is 1. The fraction of sp³-hybridized carbons (Fsp3) is 0.364. The third kappa shape index (κ3) is 4.71. The van der Waals surface area contributed by atoms with Crippen LogP contribution in [-0.4, -0.2) is 76.9 Å². The van der Waals surface area contributed by atoms with E-state index in [1.165, 1.54) is 17.7 Å². The SMILES string of the molecule is COc1cc(C(=O)N2C[C@H](N)C[C@@H](F)C2)cc2nc(-c3cc4ccc(-c5ccn6c(C)nnc6c5)nc4n3CC3CC3)n(C)c12. The zero-order valence-corrected chi connectivity index (χ0v) is 25.4. The number of hydrogen-bond acceptors (Lipinski definition) is 7. The number of carbonyl (C=O) groups excluding carboxylic acids is 1. The highest BCUT2D eigenvalue weighted by Crippen LogP contribution is 2.38. The summed E-state index contributed by atoms with van der Waals surface area (Å²) < 4.78 is 26.3. The topological polar surface area (TPSA) is 121 Å². The van der Waals surface area contributed by atoms with Crippen LogP contribution in [0.1, 0.15) is 35.4 Å². The van der Waals surface area contributed by atoms with Gasteiger partial charge in [-0.05, 0) is 74.6 Å². The third-order valence-corrected chi connectivity index (χ3v) is 9.11. The van der Waals surface area contributed by atoms with Crippen molar-refractivity contribution in [1.82, 2.24) is 38.6 Å². The molecule has 45 heavy (non-hydrogen) atoms. The van der Waals surface area contributed by atoms with Crippen LogP contribution in [0.5, 0.6) is 5.75 Å². The van der Waals surface area contributed by atoms with Crippen LogP contribution in [0, 0.1) is 12.8 Å². The molecular weight excluding hydrogens is 573 g/mol. The maximum atomic E-state index is 14.3. The number of piperidine rings is 1. The molecule has 230 valence electrons. The van der Waals surface area contributed by atoms with Crippen LogP contribution < -0.4 is 10.5 Å². The predicted octanol–water partition coefficient (Wildman–Crippen LogP) is 4.54. The maximum absolute atomic E-state index is 14.3. The number of methoxy groups -OCH3 is 1. The molecule has 5 aromatic heterocycles. The zero-order valence-electron chi connectivity index (χ0n) is 25.4. The molecule has 1 saturated carbocycles. The number of rotatable bonds is 6. The lowest BCUT2D eigenvalue weighted by Crippen LogP contribution is -2.50. The second-order valence-electron chi connectivity index (χ2n) is 12.4. The zero-order chi connectivity index (χ0) is 31.0. The fourth-order valence-electron chi connectivity index (χ4n) is 6.63. The second-order valence-corrected chi connectivity index (χ2v) is 12.4. The number of nitrogens with two attached hydrogens (primary N) is 1. The molecule has 0 spiro atoms. The summed E-state index contributed by atoms with van der Waals surface area (Å²) in [4.78, 5) is 25.2. The minimum absolute atomic E-state index is 0.0308. The number of ether oxygens (including phenoxy) is 1. The Morgan fingerprint density at radius 2 is 1.93 bits per heavy atom. The van der Waals surface area contributed by atoms with E-state index in [-0.39, 0.29) is 24.9 Å². The van der Waals surface area contributed by atoms with E-state index in [1.807, 2.05) is 47.3 Å². The molecule has 1 aliphatic heterocycles. The summed E-state index contributed by atoms with van der Waals surface area (Å²) in [7, 11) is 3.54. The normalized spacial score (nSPS) is 18.8. The van der Waals surface area contributed by atoms with E-state index >= 15 is 0 Å². The van der Waals surface area contributed by atoms with E-state index in [4.69, 9.17) is 20.4 Å². The third-order valence-electron chi connectivity index (χ3n) is 9.11. The van der Waals surface area contributed by atoms with E-state index in [1.54, 1.807) is 19.2 Å². The molecule has 1 amide bonds. The number of aryl methyl sites for hydroxylation is 2. The summed E-state index contributed by atoms with van der Waals surface area (Å²) >= 11 is 0. The molecule has 12 heteroatoms. The Morgan fingerprint density at radius 1 is 1.09 bits per heavy atom. The van der Waals surface area contributed by atoms with Crippen molar-refractivity contribution in [3.05, 3.63) is 60.0 Å². The quantitative estimate of drug-likeness (QED) is 0.295. The molecule has 2 aliphatic rings. The molecule has 1 aliphatic carbocycles. The van der Waals surface area contributed by atoms with E-state index in [9.17, 15) is 9.18 Å². The van der Waals surface area contributed by atoms with E-state index in [2.05, 4.69) is 26.9 Å². The molecule has 11 nitrogen and oxygen atoms in total. The molecule has 6 aromatic rings. The summed E-state index contributed by atoms with van der Waals surface area (Å²) in [5, 5.41) is 9.49. The summed E-state index contributed by atoms with van der Waals surface area (Å²) in [6.45, 7) is 3.11. The van der Waals surface area contributed by atoms with Crippen LogP contribution in [0.15, 0.2) is 48.7 Å². The number of alkyl halides is 1. The van der Waals surface area contributed by atoms with Gasteiger partial charge < -0.3 is 24.5 Å². The minimum atomic E-state index is -1.14. The fourth-order valence-corrected chi connectivity index (χ4v) is 6.63. The maximum Gasteiger partial charge on any atom is 0.254 e. The minimum Gasteiger partial charge on any atom is -0.494 e. The van der Waals surface area contributed by atoms with Crippen molar-refractivity contribution >= 4 is 33.6 Å². The van der Waals surface area contributed by atoms with Crippen LogP contribution in [-0.2, 0) is 13.6 Å². The highest BCUT2D eigenvalue weighted by atomic mass is 19.1. The smallest absolute Gasteiger partial charge is 0.254 e. The molecule has 0 bridgehead atoms. The van der Waals surface area contributed by atoms with Crippen LogP contribution in [0.3, 0.4) is 0 Å². The average Bonchev–Trinajstić information content (AvgIpc) is 3.56. The molecule has 1 saturated heterocycles. The molecule has 6 heterocycles. The molecular formula is C33H34FN9O2. The van der Waals surface area contributed by atoms with Gasteiger partial charge in [0, 0.05) is 48.9 Å². The highest BCUT2D eigenvalue weighted by Gasteiger charge is 2.30. The largest absolute Gasteiger partial charge is 0.494 e. The Labute approximate surface area is 258 Å². The van der Waals surface area contributed by atoms with E-state index < -0.39 is 6.17 Å². The van der Waals surface area contributed by atoms with Crippen molar-refractivity contribution in [2.45, 2.75) is 44.9 Å². The van der Waals surface area contributed by atoms with Crippen molar-refractivity contribution in [2.75, 3.05) is 20.2 Å². The Balaban J connectivity index is 1.23. The lowest BCUT2D eigenvalue weighted by molar-refractivity contribution is 0.0606. The van der Waals surface area contributed by atoms with Gasteiger partial charge in [-0.1, -0.05) is 0 Å². The molecule has 1 aromatic carbocycles. The number of pyridine rings is 2. The Bertz CT molecular complexity index is 2120. The second kappa shape index (κ2) is 10.4. The first-order valence-corrected chi connectivity index (χ1v) is 15.3. The summed E-state index contributed by atoms with van der Waals surface area (Å²) in [6.07, 6.45) is 3.47. The van der Waals surface area contributed by atoms with Gasteiger partial charge in [-0.3, -0.25) is 9.20 Å². The number of aromatic nitrogens is 7. The number of hydrogen-bond donors (Lipinski definition) is 1. The lowest BCUT2D eigenvalue weighted by atomic mass is 10.0. The number of carbonyl (C=O) groups is 1. The molecule has 8 rings (SSSR count). The molecule has 2 fully saturated rings. The molecule has 2 N–H and O–H groups in total. The lowest BCUT2D eigenvalue weighted by Gasteiger charge is -2.33. The number of benzene rings is 1.